The van der Waals surface area contributed by atoms with Crippen molar-refractivity contribution in [3.8, 4) is 10.4 Å². The molecule has 0 fully saturated rings. The molecule has 24 heavy (non-hydrogen) atoms. The Morgan fingerprint density at radius 2 is 1.67 bits per heavy atom. The summed E-state index contributed by atoms with van der Waals surface area (Å²) in [6.07, 6.45) is 9.32. The second-order valence-electron chi connectivity index (χ2n) is 6.48. The summed E-state index contributed by atoms with van der Waals surface area (Å²) >= 11 is 1.91. The van der Waals surface area contributed by atoms with Gasteiger partial charge in [0.25, 0.3) is 0 Å². The van der Waals surface area contributed by atoms with Crippen LogP contribution < -0.4 is 15.6 Å². The third-order valence-corrected chi connectivity index (χ3v) is 11.5. The van der Waals surface area contributed by atoms with Crippen molar-refractivity contribution in [1.29, 1.82) is 0 Å². The monoisotopic (exact) mass is 342 g/mol. The smallest absolute Gasteiger partial charge is 0.144 e. The Kier molecular flexibility index (Phi) is 3.22. The average Bonchev–Trinajstić information content (AvgIpc) is 3.24. The van der Waals surface area contributed by atoms with Crippen molar-refractivity contribution in [2.24, 2.45) is 0 Å². The van der Waals surface area contributed by atoms with Gasteiger partial charge in [0.05, 0.1) is 0 Å². The molecule has 2 heteroatoms. The lowest BCUT2D eigenvalue weighted by molar-refractivity contribution is 1.01. The zero-order chi connectivity index (χ0) is 16.0. The van der Waals surface area contributed by atoms with E-state index in [1.165, 1.54) is 22.0 Å². The Morgan fingerprint density at radius 3 is 2.50 bits per heavy atom. The molecule has 0 nitrogen and oxygen atoms in total. The normalized spacial score (nSPS) is 21.2. The van der Waals surface area contributed by atoms with E-state index in [4.69, 9.17) is 0 Å². The van der Waals surface area contributed by atoms with Crippen molar-refractivity contribution in [1.82, 2.24) is 0 Å². The first-order valence-corrected chi connectivity index (χ1v) is 11.4. The fraction of sp³-hybridized carbons (Fsp3) is 0.0909. The van der Waals surface area contributed by atoms with Crippen molar-refractivity contribution in [2.75, 3.05) is 0 Å². The molecular formula is C22H18SSi. The van der Waals surface area contributed by atoms with Gasteiger partial charge in [0.15, 0.2) is 8.07 Å². The Bertz CT molecular complexity index is 964. The van der Waals surface area contributed by atoms with E-state index in [2.05, 4.69) is 84.3 Å². The second-order valence-corrected chi connectivity index (χ2v) is 11.2. The molecule has 116 valence electrons. The average molecular weight is 343 g/mol. The lowest BCUT2D eigenvalue weighted by Crippen LogP contribution is -2.66. The first-order chi connectivity index (χ1) is 11.9. The van der Waals surface area contributed by atoms with Crippen LogP contribution in [0.2, 0.25) is 0 Å². The summed E-state index contributed by atoms with van der Waals surface area (Å²) in [6, 6.07) is 22.8. The van der Waals surface area contributed by atoms with Gasteiger partial charge in [-0.15, -0.1) is 11.3 Å². The van der Waals surface area contributed by atoms with Crippen LogP contribution >= 0.6 is 11.3 Å². The first-order valence-electron chi connectivity index (χ1n) is 8.52. The Labute approximate surface area is 147 Å². The van der Waals surface area contributed by atoms with Gasteiger partial charge in [-0.2, -0.15) is 0 Å². The molecule has 0 saturated heterocycles. The van der Waals surface area contributed by atoms with E-state index in [1.807, 2.05) is 11.3 Å². The molecule has 1 unspecified atom stereocenters. The van der Waals surface area contributed by atoms with Gasteiger partial charge in [-0.05, 0) is 39.3 Å². The van der Waals surface area contributed by atoms with E-state index in [-0.39, 0.29) is 0 Å². The number of fused-ring (bicyclic) bond motifs is 3. The van der Waals surface area contributed by atoms with E-state index in [0.717, 1.165) is 6.42 Å². The molecule has 3 aromatic rings. The highest BCUT2D eigenvalue weighted by Gasteiger charge is 2.49. The maximum atomic E-state index is 2.41. The Hall–Kier alpha value is -2.16. The molecule has 0 bridgehead atoms. The van der Waals surface area contributed by atoms with Crippen LogP contribution in [0.1, 0.15) is 12.8 Å². The van der Waals surface area contributed by atoms with E-state index in [0.29, 0.717) is 0 Å². The van der Waals surface area contributed by atoms with Crippen LogP contribution in [0.3, 0.4) is 0 Å². The molecule has 1 aliphatic heterocycles. The van der Waals surface area contributed by atoms with E-state index in [1.54, 1.807) is 15.6 Å². The number of rotatable bonds is 2. The van der Waals surface area contributed by atoms with E-state index >= 15 is 0 Å². The van der Waals surface area contributed by atoms with Gasteiger partial charge in [0, 0.05) is 4.88 Å². The molecule has 0 N–H and O–H groups in total. The largest absolute Gasteiger partial charge is 0.177 e. The highest BCUT2D eigenvalue weighted by molar-refractivity contribution is 7.25. The molecule has 0 spiro atoms. The molecule has 0 amide bonds. The van der Waals surface area contributed by atoms with Gasteiger partial charge in [-0.1, -0.05) is 84.1 Å². The number of hydrogen-bond acceptors (Lipinski definition) is 1. The summed E-state index contributed by atoms with van der Waals surface area (Å²) in [5.41, 5.74) is 1.47. The van der Waals surface area contributed by atoms with Crippen molar-refractivity contribution in [3.05, 3.63) is 89.5 Å². The van der Waals surface area contributed by atoms with Crippen LogP contribution in [-0.4, -0.2) is 8.07 Å². The highest BCUT2D eigenvalue weighted by atomic mass is 32.1. The fourth-order valence-corrected chi connectivity index (χ4v) is 11.4. The molecule has 2 aliphatic rings. The number of allylic oxidation sites excluding steroid dienone is 4. The summed E-state index contributed by atoms with van der Waals surface area (Å²) in [5.74, 6) is 0. The quantitative estimate of drug-likeness (QED) is 0.617. The predicted molar refractivity (Wildman–Crippen MR) is 107 cm³/mol. The predicted octanol–water partition coefficient (Wildman–Crippen LogP) is 4.01. The highest BCUT2D eigenvalue weighted by Crippen LogP contribution is 2.37. The molecule has 1 atom stereocenters. The van der Waals surface area contributed by atoms with Gasteiger partial charge in [0.1, 0.15) is 0 Å². The standard InChI is InChI=1S/C22H18SSi/c1-3-9-17(10-4-1)24(18-11-5-2-6-12-18)20-14-8-7-13-19(20)22-21(24)15-16-23-22/h1-5,7-11,13-16H,6,12H2. The number of benzene rings is 2. The van der Waals surface area contributed by atoms with Gasteiger partial charge in [-0.3, -0.25) is 0 Å². The topological polar surface area (TPSA) is 0 Å². The molecule has 1 aromatic heterocycles. The lowest BCUT2D eigenvalue weighted by atomic mass is 10.2. The minimum Gasteiger partial charge on any atom is -0.144 e. The maximum absolute atomic E-state index is 2.41. The minimum atomic E-state index is -2.08. The van der Waals surface area contributed by atoms with Crippen molar-refractivity contribution < 1.29 is 0 Å². The zero-order valence-corrected chi connectivity index (χ0v) is 15.2. The maximum Gasteiger partial charge on any atom is 0.177 e. The summed E-state index contributed by atoms with van der Waals surface area (Å²) in [5, 5.41) is 8.64. The van der Waals surface area contributed by atoms with Crippen LogP contribution in [-0.2, 0) is 0 Å². The minimum absolute atomic E-state index is 1.16. The van der Waals surface area contributed by atoms with Crippen LogP contribution in [0.15, 0.2) is 89.5 Å². The molecule has 5 rings (SSSR count). The SMILES string of the molecule is C1=CCCC([Si]2(c3ccccc3)c3ccccc3-c3sccc32)=C1. The van der Waals surface area contributed by atoms with E-state index in [9.17, 15) is 0 Å². The van der Waals surface area contributed by atoms with Gasteiger partial charge >= 0.3 is 0 Å². The molecular weight excluding hydrogens is 324 g/mol. The first kappa shape index (κ1) is 14.2. The van der Waals surface area contributed by atoms with E-state index < -0.39 is 8.07 Å². The number of hydrogen-bond donors (Lipinski definition) is 0. The van der Waals surface area contributed by atoms with Crippen LogP contribution in [0.25, 0.3) is 10.4 Å². The second kappa shape index (κ2) is 5.44. The van der Waals surface area contributed by atoms with Gasteiger partial charge in [-0.25, -0.2) is 0 Å². The third kappa shape index (κ3) is 1.78. The number of thiophene rings is 1. The molecule has 0 saturated carbocycles. The Balaban J connectivity index is 1.92. The van der Waals surface area contributed by atoms with Gasteiger partial charge in [0.2, 0.25) is 0 Å². The fourth-order valence-electron chi connectivity index (χ4n) is 4.41. The summed E-state index contributed by atoms with van der Waals surface area (Å²) in [7, 11) is -2.08. The zero-order valence-electron chi connectivity index (χ0n) is 13.4. The molecule has 2 heterocycles. The Morgan fingerprint density at radius 1 is 0.833 bits per heavy atom. The van der Waals surface area contributed by atoms with Crippen molar-refractivity contribution >= 4 is 35.0 Å². The van der Waals surface area contributed by atoms with Gasteiger partial charge < -0.3 is 0 Å². The van der Waals surface area contributed by atoms with Crippen molar-refractivity contribution in [3.63, 3.8) is 0 Å². The summed E-state index contributed by atoms with van der Waals surface area (Å²) in [6.45, 7) is 0. The van der Waals surface area contributed by atoms with Crippen LogP contribution in [0.4, 0.5) is 0 Å². The van der Waals surface area contributed by atoms with Crippen LogP contribution in [0, 0.1) is 0 Å². The molecule has 1 aliphatic carbocycles. The lowest BCUT2D eigenvalue weighted by Gasteiger charge is -2.33. The molecule has 0 radical (unpaired) electrons. The van der Waals surface area contributed by atoms with Crippen LogP contribution in [0.5, 0.6) is 0 Å². The molecule has 2 aromatic carbocycles. The third-order valence-electron chi connectivity index (χ3n) is 5.35. The summed E-state index contributed by atoms with van der Waals surface area (Å²) < 4.78 is 0. The summed E-state index contributed by atoms with van der Waals surface area (Å²) in [4.78, 5) is 1.50. The van der Waals surface area contributed by atoms with Crippen molar-refractivity contribution in [2.45, 2.75) is 12.8 Å².